The fraction of sp³-hybridized carbons (Fsp3) is 0.167. The summed E-state index contributed by atoms with van der Waals surface area (Å²) in [6, 6.07) is 4.69. The Morgan fingerprint density at radius 3 is 2.95 bits per heavy atom. The number of carbonyl (C=O) groups is 1. The summed E-state index contributed by atoms with van der Waals surface area (Å²) in [5.41, 5.74) is 3.05. The molecule has 0 aliphatic rings. The second-order valence-corrected chi connectivity index (χ2v) is 5.62. The lowest BCUT2D eigenvalue weighted by molar-refractivity contribution is -0.141. The highest BCUT2D eigenvalue weighted by molar-refractivity contribution is 9.10. The Hall–Kier alpha value is -1.11. The van der Waals surface area contributed by atoms with Gasteiger partial charge in [-0.2, -0.15) is 0 Å². The summed E-state index contributed by atoms with van der Waals surface area (Å²) >= 11 is 10.7. The normalized spacial score (nSPS) is 11.9. The molecule has 0 saturated heterocycles. The van der Waals surface area contributed by atoms with Crippen LogP contribution in [0.25, 0.3) is 0 Å². The van der Waals surface area contributed by atoms with Crippen molar-refractivity contribution in [2.75, 3.05) is 12.4 Å². The van der Waals surface area contributed by atoms with Crippen molar-refractivity contribution in [3.05, 3.63) is 44.3 Å². The van der Waals surface area contributed by atoms with E-state index in [1.54, 1.807) is 29.1 Å². The van der Waals surface area contributed by atoms with E-state index < -0.39 is 12.0 Å². The van der Waals surface area contributed by atoms with Gasteiger partial charge in [-0.05, 0) is 34.1 Å². The molecule has 1 unspecified atom stereocenters. The minimum Gasteiger partial charge on any atom is -0.467 e. The number of rotatable bonds is 4. The second-order valence-electron chi connectivity index (χ2n) is 3.64. The molecular formula is C12H10BrClN2O2S. The van der Waals surface area contributed by atoms with Crippen LogP contribution in [0.4, 0.5) is 5.69 Å². The number of nitrogens with one attached hydrogen (secondary N) is 1. The van der Waals surface area contributed by atoms with Crippen LogP contribution in [0.3, 0.4) is 0 Å². The van der Waals surface area contributed by atoms with E-state index in [-0.39, 0.29) is 0 Å². The maximum Gasteiger partial charge on any atom is 0.334 e. The van der Waals surface area contributed by atoms with Crippen LogP contribution >= 0.6 is 38.9 Å². The Balaban J connectivity index is 2.25. The van der Waals surface area contributed by atoms with E-state index in [9.17, 15) is 4.79 Å². The molecule has 4 nitrogen and oxygen atoms in total. The fourth-order valence-electron chi connectivity index (χ4n) is 1.49. The molecular weight excluding hydrogens is 352 g/mol. The Bertz CT molecular complexity index is 577. The first kappa shape index (κ1) is 14.3. The largest absolute Gasteiger partial charge is 0.467 e. The molecule has 0 spiro atoms. The van der Waals surface area contributed by atoms with Crippen LogP contribution in [-0.4, -0.2) is 18.1 Å². The molecule has 1 aromatic heterocycles. The number of methoxy groups -OCH3 is 1. The molecule has 0 aliphatic heterocycles. The molecule has 0 saturated carbocycles. The van der Waals surface area contributed by atoms with Gasteiger partial charge < -0.3 is 10.1 Å². The zero-order chi connectivity index (χ0) is 13.8. The van der Waals surface area contributed by atoms with Gasteiger partial charge in [-0.1, -0.05) is 11.6 Å². The standard InChI is InChI=1S/C12H10BrClN2O2S/c1-18-12(17)11(10-5-19-6-15-10)16-7-2-3-9(14)8(13)4-7/h2-6,11,16H,1H3. The lowest BCUT2D eigenvalue weighted by Crippen LogP contribution is -2.22. The zero-order valence-corrected chi connectivity index (χ0v) is 13.1. The van der Waals surface area contributed by atoms with Gasteiger partial charge in [-0.15, -0.1) is 11.3 Å². The molecule has 0 aliphatic carbocycles. The maximum atomic E-state index is 11.8. The van der Waals surface area contributed by atoms with Crippen molar-refractivity contribution >= 4 is 50.5 Å². The molecule has 1 heterocycles. The van der Waals surface area contributed by atoms with E-state index in [0.29, 0.717) is 10.7 Å². The lowest BCUT2D eigenvalue weighted by atomic mass is 10.2. The van der Waals surface area contributed by atoms with Crippen LogP contribution in [0.2, 0.25) is 5.02 Å². The highest BCUT2D eigenvalue weighted by Gasteiger charge is 2.23. The van der Waals surface area contributed by atoms with E-state index in [4.69, 9.17) is 16.3 Å². The number of hydrogen-bond donors (Lipinski definition) is 1. The van der Waals surface area contributed by atoms with Crippen LogP contribution in [0.1, 0.15) is 11.7 Å². The zero-order valence-electron chi connectivity index (χ0n) is 9.89. The smallest absolute Gasteiger partial charge is 0.334 e. The van der Waals surface area contributed by atoms with Gasteiger partial charge in [-0.3, -0.25) is 0 Å². The third kappa shape index (κ3) is 3.46. The van der Waals surface area contributed by atoms with E-state index in [1.165, 1.54) is 18.4 Å². The van der Waals surface area contributed by atoms with Crippen molar-refractivity contribution in [3.8, 4) is 0 Å². The Kier molecular flexibility index (Phi) is 4.79. The number of nitrogens with zero attached hydrogens (tertiary/aromatic N) is 1. The fourth-order valence-corrected chi connectivity index (χ4v) is 2.56. The van der Waals surface area contributed by atoms with Crippen LogP contribution in [0, 0.1) is 0 Å². The molecule has 100 valence electrons. The first-order valence-corrected chi connectivity index (χ1v) is 7.40. The van der Waals surface area contributed by atoms with Crippen LogP contribution in [0.15, 0.2) is 33.6 Å². The van der Waals surface area contributed by atoms with Crippen molar-refractivity contribution in [2.45, 2.75) is 6.04 Å². The molecule has 2 aromatic rings. The first-order valence-electron chi connectivity index (χ1n) is 5.29. The quantitative estimate of drug-likeness (QED) is 0.840. The van der Waals surface area contributed by atoms with Gasteiger partial charge in [0.05, 0.1) is 23.3 Å². The number of anilines is 1. The van der Waals surface area contributed by atoms with E-state index in [1.807, 2.05) is 0 Å². The first-order chi connectivity index (χ1) is 9.11. The van der Waals surface area contributed by atoms with Crippen LogP contribution in [0.5, 0.6) is 0 Å². The summed E-state index contributed by atoms with van der Waals surface area (Å²) in [5, 5.41) is 5.49. The van der Waals surface area contributed by atoms with Crippen molar-refractivity contribution in [2.24, 2.45) is 0 Å². The van der Waals surface area contributed by atoms with Crippen molar-refractivity contribution < 1.29 is 9.53 Å². The number of halogens is 2. The molecule has 1 atom stereocenters. The van der Waals surface area contributed by atoms with Gasteiger partial charge in [0, 0.05) is 15.5 Å². The summed E-state index contributed by atoms with van der Waals surface area (Å²) in [6.07, 6.45) is 0. The van der Waals surface area contributed by atoms with Gasteiger partial charge >= 0.3 is 5.97 Å². The molecule has 1 N–H and O–H groups in total. The highest BCUT2D eigenvalue weighted by Crippen LogP contribution is 2.28. The predicted molar refractivity (Wildman–Crippen MR) is 79.6 cm³/mol. The average molecular weight is 362 g/mol. The van der Waals surface area contributed by atoms with Crippen molar-refractivity contribution in [1.82, 2.24) is 4.98 Å². The average Bonchev–Trinajstić information content (AvgIpc) is 2.93. The van der Waals surface area contributed by atoms with E-state index in [2.05, 4.69) is 26.2 Å². The summed E-state index contributed by atoms with van der Waals surface area (Å²) in [7, 11) is 1.35. The minimum absolute atomic E-state index is 0.392. The summed E-state index contributed by atoms with van der Waals surface area (Å²) in [5.74, 6) is -0.392. The lowest BCUT2D eigenvalue weighted by Gasteiger charge is -2.16. The van der Waals surface area contributed by atoms with Crippen LogP contribution < -0.4 is 5.32 Å². The maximum absolute atomic E-state index is 11.8. The molecule has 1 aromatic carbocycles. The monoisotopic (exact) mass is 360 g/mol. The SMILES string of the molecule is COC(=O)C(Nc1ccc(Cl)c(Br)c1)c1cscn1. The number of ether oxygens (including phenoxy) is 1. The van der Waals surface area contributed by atoms with Gasteiger partial charge in [0.15, 0.2) is 6.04 Å². The Labute approximate surface area is 127 Å². The summed E-state index contributed by atoms with van der Waals surface area (Å²) in [4.78, 5) is 15.9. The molecule has 7 heteroatoms. The topological polar surface area (TPSA) is 51.2 Å². The minimum atomic E-state index is -0.635. The third-order valence-corrected chi connectivity index (χ3v) is 4.23. The molecule has 0 bridgehead atoms. The Morgan fingerprint density at radius 2 is 2.37 bits per heavy atom. The molecule has 19 heavy (non-hydrogen) atoms. The Morgan fingerprint density at radius 1 is 1.58 bits per heavy atom. The molecule has 2 rings (SSSR count). The van der Waals surface area contributed by atoms with E-state index in [0.717, 1.165) is 10.2 Å². The summed E-state index contributed by atoms with van der Waals surface area (Å²) in [6.45, 7) is 0. The molecule has 0 radical (unpaired) electrons. The molecule has 0 fully saturated rings. The number of benzene rings is 1. The van der Waals surface area contributed by atoms with Gasteiger partial charge in [0.25, 0.3) is 0 Å². The van der Waals surface area contributed by atoms with Gasteiger partial charge in [0.1, 0.15) is 0 Å². The van der Waals surface area contributed by atoms with E-state index >= 15 is 0 Å². The van der Waals surface area contributed by atoms with Gasteiger partial charge in [-0.25, -0.2) is 9.78 Å². The molecule has 0 amide bonds. The summed E-state index contributed by atoms with van der Waals surface area (Å²) < 4.78 is 5.54. The predicted octanol–water partition coefficient (Wildman–Crippen LogP) is 3.89. The number of thiazole rings is 1. The van der Waals surface area contributed by atoms with Crippen molar-refractivity contribution in [3.63, 3.8) is 0 Å². The number of esters is 1. The van der Waals surface area contributed by atoms with Gasteiger partial charge in [0.2, 0.25) is 0 Å². The number of carbonyl (C=O) groups excluding carboxylic acids is 1. The number of hydrogen-bond acceptors (Lipinski definition) is 5. The van der Waals surface area contributed by atoms with Crippen molar-refractivity contribution in [1.29, 1.82) is 0 Å². The second kappa shape index (κ2) is 6.36. The third-order valence-electron chi connectivity index (χ3n) is 2.41. The number of aromatic nitrogens is 1. The van der Waals surface area contributed by atoms with Crippen LogP contribution in [-0.2, 0) is 9.53 Å². The highest BCUT2D eigenvalue weighted by atomic mass is 79.9.